The maximum absolute atomic E-state index is 11.8. The number of nitro benzene ring substituents is 3. The second kappa shape index (κ2) is 28.3. The maximum atomic E-state index is 11.8. The highest BCUT2D eigenvalue weighted by Gasteiger charge is 2.25. The fourth-order valence-corrected chi connectivity index (χ4v) is 4.94. The van der Waals surface area contributed by atoms with Crippen LogP contribution in [0.2, 0.25) is 0 Å². The number of benzene rings is 3. The van der Waals surface area contributed by atoms with E-state index >= 15 is 0 Å². The summed E-state index contributed by atoms with van der Waals surface area (Å²) in [5.74, 6) is -1.29. The Balaban J connectivity index is 0.000000482. The third-order valence-electron chi connectivity index (χ3n) is 7.80. The Morgan fingerprint density at radius 1 is 0.516 bits per heavy atom. The Morgan fingerprint density at radius 3 is 1.16 bits per heavy atom. The van der Waals surface area contributed by atoms with Crippen LogP contribution < -0.4 is 14.2 Å². The molecule has 0 aromatic heterocycles. The number of Topliss-reactive ketones (excluding diaryl/α,β-unsaturated/α-hetero) is 3. The van der Waals surface area contributed by atoms with Gasteiger partial charge in [0.25, 0.3) is 17.1 Å². The van der Waals surface area contributed by atoms with E-state index in [0.29, 0.717) is 0 Å². The summed E-state index contributed by atoms with van der Waals surface area (Å²) in [5.41, 5.74) is -1.34. The van der Waals surface area contributed by atoms with Crippen molar-refractivity contribution in [3.8, 4) is 17.2 Å². The number of carbonyl (C=O) groups excluding carboxylic acids is 6. The second-order valence-corrected chi connectivity index (χ2v) is 15.0. The summed E-state index contributed by atoms with van der Waals surface area (Å²) in [5, 5.41) is 32.6. The van der Waals surface area contributed by atoms with Crippen molar-refractivity contribution in [3.05, 3.63) is 102 Å². The lowest BCUT2D eigenvalue weighted by Gasteiger charge is -2.11. The second-order valence-electron chi connectivity index (χ2n) is 12.4. The summed E-state index contributed by atoms with van der Waals surface area (Å²) < 4.78 is 26.7. The summed E-state index contributed by atoms with van der Waals surface area (Å²) >= 11 is 16.2. The van der Waals surface area contributed by atoms with Crippen molar-refractivity contribution in [2.24, 2.45) is 0 Å². The molecule has 0 spiro atoms. The van der Waals surface area contributed by atoms with Crippen molar-refractivity contribution < 1.29 is 72.0 Å². The molecule has 3 rings (SSSR count). The molecule has 0 aliphatic rings. The van der Waals surface area contributed by atoms with Gasteiger partial charge in [0.15, 0.2) is 17.3 Å². The first-order chi connectivity index (χ1) is 30.1. The minimum absolute atomic E-state index is 0.0286. The molecule has 348 valence electrons. The Morgan fingerprint density at radius 2 is 0.859 bits per heavy atom. The van der Waals surface area contributed by atoms with Gasteiger partial charge in [0.1, 0.15) is 23.9 Å². The highest BCUT2D eigenvalue weighted by atomic mass is 35.6. The van der Waals surface area contributed by atoms with Gasteiger partial charge in [0.05, 0.1) is 44.7 Å². The standard InChI is InChI=1S/C16H21NO6.C12H10Cl3NO6.C12H13NO6/c1-3-5-6-7-10-22-16(19)23-12-8-9-14(17(20)21)13(11-12)15(18)4-2;1-2-10(17)8-5-7(3-4-9(8)16(19)20)22-11(18)21-6-12(13,14)15;1-3-11(14)9-7-8(19-12(15)18-4-2)5-6-10(9)13(16)17/h8-9,11H,3-7,10H2,1-2H3;3-5H,2,6H2,1H3;5-7H,3-4H2,1-2H3. The van der Waals surface area contributed by atoms with E-state index in [4.69, 9.17) is 53.8 Å². The van der Waals surface area contributed by atoms with Crippen molar-refractivity contribution in [1.82, 2.24) is 0 Å². The number of unbranched alkanes of at least 4 members (excludes halogenated alkanes) is 3. The molecule has 0 unspecified atom stereocenters. The predicted octanol–water partition coefficient (Wildman–Crippen LogP) is 11.1. The zero-order valence-corrected chi connectivity index (χ0v) is 37.4. The number of ether oxygens (including phenoxy) is 6. The monoisotopic (exact) mass is 959 g/mol. The number of nitro groups is 3. The van der Waals surface area contributed by atoms with Crippen molar-refractivity contribution in [3.63, 3.8) is 0 Å². The SMILES string of the molecule is CCC(=O)c1cc(OC(=O)OCC(Cl)(Cl)Cl)ccc1[N+](=O)[O-].CCCCCCOC(=O)Oc1ccc([N+](=O)[O-])c(C(=O)CC)c1.CCOC(=O)Oc1ccc([N+](=O)[O-])c(C(=O)CC)c1. The van der Waals surface area contributed by atoms with Gasteiger partial charge in [-0.15, -0.1) is 0 Å². The van der Waals surface area contributed by atoms with E-state index in [1.165, 1.54) is 24.3 Å². The van der Waals surface area contributed by atoms with E-state index in [1.54, 1.807) is 27.7 Å². The third-order valence-corrected chi connectivity index (χ3v) is 8.12. The van der Waals surface area contributed by atoms with Crippen LogP contribution >= 0.6 is 34.8 Å². The van der Waals surface area contributed by atoms with E-state index in [2.05, 4.69) is 16.4 Å². The number of carbonyl (C=O) groups is 6. The van der Waals surface area contributed by atoms with Gasteiger partial charge in [-0.05, 0) is 49.7 Å². The van der Waals surface area contributed by atoms with Crippen LogP contribution in [0.25, 0.3) is 0 Å². The van der Waals surface area contributed by atoms with E-state index in [1.807, 2.05) is 0 Å². The zero-order valence-electron chi connectivity index (χ0n) is 35.1. The molecule has 0 heterocycles. The first-order valence-electron chi connectivity index (χ1n) is 19.2. The van der Waals surface area contributed by atoms with Crippen molar-refractivity contribution >= 4 is 87.7 Å². The number of hydrogen-bond acceptors (Lipinski definition) is 18. The molecule has 0 radical (unpaired) electrons. The van der Waals surface area contributed by atoms with E-state index in [-0.39, 0.29) is 83.5 Å². The first kappa shape index (κ1) is 55.6. The van der Waals surface area contributed by atoms with Crippen molar-refractivity contribution in [2.75, 3.05) is 19.8 Å². The molecule has 3 aromatic carbocycles. The largest absolute Gasteiger partial charge is 0.513 e. The molecule has 0 aliphatic carbocycles. The molecule has 0 atom stereocenters. The van der Waals surface area contributed by atoms with Gasteiger partial charge >= 0.3 is 18.5 Å². The molecule has 64 heavy (non-hydrogen) atoms. The van der Waals surface area contributed by atoms with Crippen LogP contribution in [0, 0.1) is 30.3 Å². The van der Waals surface area contributed by atoms with Crippen molar-refractivity contribution in [2.45, 2.75) is 83.4 Å². The Kier molecular flexibility index (Phi) is 24.6. The highest BCUT2D eigenvalue weighted by molar-refractivity contribution is 6.67. The van der Waals surface area contributed by atoms with Crippen LogP contribution in [0.15, 0.2) is 54.6 Å². The fraction of sp³-hybridized carbons (Fsp3) is 0.400. The summed E-state index contributed by atoms with van der Waals surface area (Å²) in [6.07, 6.45) is 1.19. The highest BCUT2D eigenvalue weighted by Crippen LogP contribution is 2.29. The van der Waals surface area contributed by atoms with Crippen LogP contribution in [-0.2, 0) is 14.2 Å². The molecule has 0 amide bonds. The molecule has 0 N–H and O–H groups in total. The van der Waals surface area contributed by atoms with Crippen LogP contribution in [0.5, 0.6) is 17.2 Å². The third kappa shape index (κ3) is 20.2. The van der Waals surface area contributed by atoms with E-state index < -0.39 is 61.0 Å². The average Bonchev–Trinajstić information content (AvgIpc) is 3.24. The topological polar surface area (TPSA) is 287 Å². The molecule has 0 saturated heterocycles. The number of rotatable bonds is 19. The van der Waals surface area contributed by atoms with Crippen LogP contribution in [0.1, 0.15) is 111 Å². The van der Waals surface area contributed by atoms with Gasteiger partial charge in [-0.25, -0.2) is 14.4 Å². The molecular weight excluding hydrogens is 917 g/mol. The molecular formula is C40H44Cl3N3O18. The quantitative estimate of drug-likeness (QED) is 0.0158. The fourth-order valence-electron chi connectivity index (χ4n) is 4.77. The summed E-state index contributed by atoms with van der Waals surface area (Å²) in [7, 11) is 0. The summed E-state index contributed by atoms with van der Waals surface area (Å²) in [6, 6.07) is 10.4. The van der Waals surface area contributed by atoms with Crippen LogP contribution in [0.4, 0.5) is 31.4 Å². The minimum atomic E-state index is -1.79. The molecule has 21 nitrogen and oxygen atoms in total. The summed E-state index contributed by atoms with van der Waals surface area (Å²) in [6.45, 7) is 8.30. The predicted molar refractivity (Wildman–Crippen MR) is 229 cm³/mol. The van der Waals surface area contributed by atoms with Gasteiger partial charge in [-0.3, -0.25) is 44.7 Å². The van der Waals surface area contributed by atoms with Gasteiger partial charge in [-0.1, -0.05) is 81.8 Å². The van der Waals surface area contributed by atoms with E-state index in [9.17, 15) is 59.1 Å². The molecule has 3 aromatic rings. The smallest absolute Gasteiger partial charge is 0.434 e. The van der Waals surface area contributed by atoms with Gasteiger partial charge < -0.3 is 28.4 Å². The van der Waals surface area contributed by atoms with Crippen molar-refractivity contribution in [1.29, 1.82) is 0 Å². The first-order valence-corrected chi connectivity index (χ1v) is 20.3. The van der Waals surface area contributed by atoms with Crippen LogP contribution in [-0.4, -0.2) is 74.2 Å². The number of nitrogens with zero attached hydrogens (tertiary/aromatic N) is 3. The normalized spacial score (nSPS) is 10.3. The molecule has 0 bridgehead atoms. The molecule has 0 fully saturated rings. The van der Waals surface area contributed by atoms with Gasteiger partial charge in [0, 0.05) is 37.5 Å². The Labute approximate surface area is 380 Å². The maximum Gasteiger partial charge on any atom is 0.513 e. The molecule has 0 aliphatic heterocycles. The number of hydrogen-bond donors (Lipinski definition) is 0. The number of ketones is 3. The number of halogens is 3. The molecule has 0 saturated carbocycles. The van der Waals surface area contributed by atoms with Gasteiger partial charge in [-0.2, -0.15) is 0 Å². The lowest BCUT2D eigenvalue weighted by molar-refractivity contribution is -0.385. The molecule has 24 heteroatoms. The zero-order chi connectivity index (χ0) is 48.6. The van der Waals surface area contributed by atoms with Gasteiger partial charge in [0.2, 0.25) is 3.79 Å². The average molecular weight is 961 g/mol. The lowest BCUT2D eigenvalue weighted by Crippen LogP contribution is -2.19. The Bertz CT molecular complexity index is 2160. The number of alkyl halides is 3. The lowest BCUT2D eigenvalue weighted by atomic mass is 10.1. The van der Waals surface area contributed by atoms with E-state index in [0.717, 1.165) is 56.0 Å². The van der Waals surface area contributed by atoms with Crippen LogP contribution in [0.3, 0.4) is 0 Å². The summed E-state index contributed by atoms with van der Waals surface area (Å²) in [4.78, 5) is 99.8. The minimum Gasteiger partial charge on any atom is -0.434 e. The Hall–Kier alpha value is -6.45.